The van der Waals surface area contributed by atoms with Crippen LogP contribution in [0, 0.1) is 0 Å². The summed E-state index contributed by atoms with van der Waals surface area (Å²) in [6, 6.07) is 14.0. The zero-order chi connectivity index (χ0) is 15.1. The van der Waals surface area contributed by atoms with Crippen molar-refractivity contribution in [3.63, 3.8) is 0 Å². The van der Waals surface area contributed by atoms with E-state index < -0.39 is 0 Å². The van der Waals surface area contributed by atoms with Crippen LogP contribution in [0.5, 0.6) is 11.5 Å². The Labute approximate surface area is 130 Å². The van der Waals surface area contributed by atoms with Gasteiger partial charge in [0.1, 0.15) is 0 Å². The molecule has 3 nitrogen and oxygen atoms in total. The van der Waals surface area contributed by atoms with Crippen LogP contribution in [0.25, 0.3) is 0 Å². The van der Waals surface area contributed by atoms with Gasteiger partial charge in [-0.2, -0.15) is 0 Å². The highest BCUT2D eigenvalue weighted by atomic mass is 35.5. The van der Waals surface area contributed by atoms with E-state index in [0.29, 0.717) is 29.7 Å². The monoisotopic (exact) mass is 305 g/mol. The maximum atomic E-state index is 6.23. The molecule has 0 fully saturated rings. The van der Waals surface area contributed by atoms with Crippen molar-refractivity contribution in [1.29, 1.82) is 0 Å². The van der Waals surface area contributed by atoms with Gasteiger partial charge in [-0.3, -0.25) is 0 Å². The summed E-state index contributed by atoms with van der Waals surface area (Å²) in [6.45, 7) is 1.01. The fourth-order valence-electron chi connectivity index (χ4n) is 2.13. The predicted octanol–water partition coefficient (Wildman–Crippen LogP) is 3.82. The van der Waals surface area contributed by atoms with Crippen molar-refractivity contribution in [3.8, 4) is 11.5 Å². The lowest BCUT2D eigenvalue weighted by Crippen LogP contribution is -2.03. The number of halogens is 1. The van der Waals surface area contributed by atoms with Crippen LogP contribution in [0.2, 0.25) is 5.02 Å². The number of hydrogen-bond acceptors (Lipinski definition) is 3. The van der Waals surface area contributed by atoms with Gasteiger partial charge < -0.3 is 15.2 Å². The Balaban J connectivity index is 1.93. The largest absolute Gasteiger partial charge is 0.493 e. The zero-order valence-electron chi connectivity index (χ0n) is 12.1. The Morgan fingerprint density at radius 2 is 1.86 bits per heavy atom. The molecule has 2 N–H and O–H groups in total. The summed E-state index contributed by atoms with van der Waals surface area (Å²) < 4.78 is 11.1. The van der Waals surface area contributed by atoms with E-state index >= 15 is 0 Å². The second kappa shape index (κ2) is 7.91. The molecule has 0 aliphatic carbocycles. The van der Waals surface area contributed by atoms with Crippen LogP contribution in [0.3, 0.4) is 0 Å². The van der Waals surface area contributed by atoms with E-state index in [1.807, 2.05) is 30.3 Å². The number of methoxy groups -OCH3 is 1. The number of ether oxygens (including phenoxy) is 2. The summed E-state index contributed by atoms with van der Waals surface area (Å²) in [5.41, 5.74) is 7.85. The normalized spacial score (nSPS) is 10.4. The number of nitrogens with two attached hydrogens (primary N) is 1. The van der Waals surface area contributed by atoms with Gasteiger partial charge in [0.15, 0.2) is 11.5 Å². The average molecular weight is 306 g/mol. The van der Waals surface area contributed by atoms with E-state index in [9.17, 15) is 0 Å². The molecule has 0 spiro atoms. The van der Waals surface area contributed by atoms with Gasteiger partial charge in [0.25, 0.3) is 0 Å². The molecule has 2 aromatic carbocycles. The minimum absolute atomic E-state index is 0.421. The molecule has 0 saturated heterocycles. The van der Waals surface area contributed by atoms with Crippen LogP contribution in [0.15, 0.2) is 42.5 Å². The van der Waals surface area contributed by atoms with Crippen LogP contribution in [-0.2, 0) is 13.0 Å². The highest BCUT2D eigenvalue weighted by molar-refractivity contribution is 6.32. The van der Waals surface area contributed by atoms with Crippen molar-refractivity contribution in [2.24, 2.45) is 5.73 Å². The average Bonchev–Trinajstić information content (AvgIpc) is 2.53. The molecule has 2 aromatic rings. The van der Waals surface area contributed by atoms with Gasteiger partial charge in [-0.05, 0) is 36.1 Å². The standard InChI is InChI=1S/C17H20ClNO2/c1-20-16-11-14(12-19)10-15(18)17(16)21-9-5-8-13-6-3-2-4-7-13/h2-4,6-7,10-11H,5,8-9,12,19H2,1H3. The minimum Gasteiger partial charge on any atom is -0.493 e. The molecule has 0 aromatic heterocycles. The topological polar surface area (TPSA) is 44.5 Å². The molecule has 0 bridgehead atoms. The third kappa shape index (κ3) is 4.38. The van der Waals surface area contributed by atoms with Gasteiger partial charge in [0.2, 0.25) is 0 Å². The number of hydrogen-bond donors (Lipinski definition) is 1. The summed E-state index contributed by atoms with van der Waals surface area (Å²) in [7, 11) is 1.60. The van der Waals surface area contributed by atoms with Gasteiger partial charge in [-0.15, -0.1) is 0 Å². The Hall–Kier alpha value is -1.71. The quantitative estimate of drug-likeness (QED) is 0.791. The first-order valence-electron chi connectivity index (χ1n) is 6.97. The fraction of sp³-hybridized carbons (Fsp3) is 0.294. The van der Waals surface area contributed by atoms with Gasteiger partial charge >= 0.3 is 0 Å². The van der Waals surface area contributed by atoms with E-state index in [2.05, 4.69) is 12.1 Å². The number of aryl methyl sites for hydroxylation is 1. The predicted molar refractivity (Wildman–Crippen MR) is 86.2 cm³/mol. The summed E-state index contributed by atoms with van der Waals surface area (Å²) in [5.74, 6) is 1.21. The Bertz CT molecular complexity index is 573. The first kappa shape index (κ1) is 15.7. The van der Waals surface area contributed by atoms with Crippen molar-refractivity contribution in [3.05, 3.63) is 58.6 Å². The lowest BCUT2D eigenvalue weighted by Gasteiger charge is -2.13. The maximum Gasteiger partial charge on any atom is 0.179 e. The molecular formula is C17H20ClNO2. The van der Waals surface area contributed by atoms with E-state index in [1.165, 1.54) is 5.56 Å². The van der Waals surface area contributed by atoms with Crippen LogP contribution in [-0.4, -0.2) is 13.7 Å². The van der Waals surface area contributed by atoms with E-state index in [-0.39, 0.29) is 0 Å². The first-order chi connectivity index (χ1) is 10.2. The second-order valence-corrected chi connectivity index (χ2v) is 5.16. The second-order valence-electron chi connectivity index (χ2n) is 4.75. The van der Waals surface area contributed by atoms with Crippen molar-refractivity contribution in [2.75, 3.05) is 13.7 Å². The molecule has 0 atom stereocenters. The summed E-state index contributed by atoms with van der Waals surface area (Å²) in [5, 5.41) is 0.537. The molecule has 0 heterocycles. The summed E-state index contributed by atoms with van der Waals surface area (Å²) in [4.78, 5) is 0. The van der Waals surface area contributed by atoms with Crippen molar-refractivity contribution < 1.29 is 9.47 Å². The molecule has 21 heavy (non-hydrogen) atoms. The van der Waals surface area contributed by atoms with Crippen LogP contribution < -0.4 is 15.2 Å². The van der Waals surface area contributed by atoms with Gasteiger partial charge in [0, 0.05) is 6.54 Å². The van der Waals surface area contributed by atoms with Crippen LogP contribution in [0.4, 0.5) is 0 Å². The highest BCUT2D eigenvalue weighted by Crippen LogP contribution is 2.36. The van der Waals surface area contributed by atoms with Crippen molar-refractivity contribution in [2.45, 2.75) is 19.4 Å². The molecule has 112 valence electrons. The minimum atomic E-state index is 0.421. The molecular weight excluding hydrogens is 286 g/mol. The Morgan fingerprint density at radius 3 is 2.52 bits per heavy atom. The molecule has 0 amide bonds. The summed E-state index contributed by atoms with van der Waals surface area (Å²) >= 11 is 6.23. The van der Waals surface area contributed by atoms with Crippen molar-refractivity contribution in [1.82, 2.24) is 0 Å². The van der Waals surface area contributed by atoms with Gasteiger partial charge in [-0.1, -0.05) is 41.9 Å². The smallest absolute Gasteiger partial charge is 0.179 e. The molecule has 0 unspecified atom stereocenters. The van der Waals surface area contributed by atoms with E-state index in [4.69, 9.17) is 26.8 Å². The third-order valence-electron chi connectivity index (χ3n) is 3.22. The van der Waals surface area contributed by atoms with E-state index in [1.54, 1.807) is 7.11 Å². The van der Waals surface area contributed by atoms with Gasteiger partial charge in [0.05, 0.1) is 18.7 Å². The molecule has 4 heteroatoms. The SMILES string of the molecule is COc1cc(CN)cc(Cl)c1OCCCc1ccccc1. The lowest BCUT2D eigenvalue weighted by atomic mass is 10.1. The maximum absolute atomic E-state index is 6.23. The number of rotatable bonds is 7. The highest BCUT2D eigenvalue weighted by Gasteiger charge is 2.11. The third-order valence-corrected chi connectivity index (χ3v) is 3.50. The van der Waals surface area contributed by atoms with Crippen molar-refractivity contribution >= 4 is 11.6 Å². The molecule has 0 radical (unpaired) electrons. The number of benzene rings is 2. The van der Waals surface area contributed by atoms with Crippen LogP contribution >= 0.6 is 11.6 Å². The first-order valence-corrected chi connectivity index (χ1v) is 7.35. The van der Waals surface area contributed by atoms with Crippen LogP contribution in [0.1, 0.15) is 17.5 Å². The van der Waals surface area contributed by atoms with E-state index in [0.717, 1.165) is 18.4 Å². The Morgan fingerprint density at radius 1 is 1.10 bits per heavy atom. The molecule has 0 saturated carbocycles. The zero-order valence-corrected chi connectivity index (χ0v) is 12.9. The molecule has 0 aliphatic heterocycles. The fourth-order valence-corrected chi connectivity index (χ4v) is 2.41. The Kier molecular flexibility index (Phi) is 5.90. The summed E-state index contributed by atoms with van der Waals surface area (Å²) in [6.07, 6.45) is 1.89. The molecule has 0 aliphatic rings. The lowest BCUT2D eigenvalue weighted by molar-refractivity contribution is 0.289. The van der Waals surface area contributed by atoms with Gasteiger partial charge in [-0.25, -0.2) is 0 Å². The molecule has 2 rings (SSSR count).